The summed E-state index contributed by atoms with van der Waals surface area (Å²) in [6, 6.07) is 3.66. The Morgan fingerprint density at radius 2 is 2.31 bits per heavy atom. The Kier molecular flexibility index (Phi) is 1.84. The largest absolute Gasteiger partial charge is 0.382 e. The topological polar surface area (TPSA) is 72.5 Å². The lowest BCUT2D eigenvalue weighted by Crippen LogP contribution is -1.93. The first-order valence-corrected chi connectivity index (χ1v) is 4.47. The zero-order chi connectivity index (χ0) is 9.42. The maximum absolute atomic E-state index is 5.49. The zero-order valence-corrected chi connectivity index (χ0v) is 8.54. The van der Waals surface area contributed by atoms with Crippen molar-refractivity contribution in [1.29, 1.82) is 0 Å². The molecule has 0 saturated heterocycles. The highest BCUT2D eigenvalue weighted by atomic mass is 79.9. The van der Waals surface area contributed by atoms with E-state index >= 15 is 0 Å². The number of aromatic nitrogens is 4. The van der Waals surface area contributed by atoms with Gasteiger partial charge in [-0.3, -0.25) is 9.78 Å². The third kappa shape index (κ3) is 1.44. The maximum atomic E-state index is 5.49. The summed E-state index contributed by atoms with van der Waals surface area (Å²) in [6.07, 6.45) is 0. The summed E-state index contributed by atoms with van der Waals surface area (Å²) in [5.41, 5.74) is 7.29. The van der Waals surface area contributed by atoms with Gasteiger partial charge in [0.2, 0.25) is 0 Å². The molecule has 0 spiro atoms. The van der Waals surface area contributed by atoms with E-state index < -0.39 is 0 Å². The Morgan fingerprint density at radius 1 is 1.54 bits per heavy atom. The number of nitrogens with one attached hydrogen (secondary N) is 1. The summed E-state index contributed by atoms with van der Waals surface area (Å²) >= 11 is 3.29. The van der Waals surface area contributed by atoms with Crippen LogP contribution in [0.3, 0.4) is 0 Å². The predicted octanol–water partition coefficient (Wildman–Crippen LogP) is 1.15. The van der Waals surface area contributed by atoms with Crippen LogP contribution in [-0.4, -0.2) is 20.0 Å². The van der Waals surface area contributed by atoms with E-state index in [0.29, 0.717) is 5.82 Å². The van der Waals surface area contributed by atoms with Gasteiger partial charge in [0.05, 0.1) is 11.4 Å². The van der Waals surface area contributed by atoms with Crippen LogP contribution in [0.15, 0.2) is 16.7 Å². The minimum absolute atomic E-state index is 0.479. The van der Waals surface area contributed by atoms with Gasteiger partial charge in [0.15, 0.2) is 0 Å². The van der Waals surface area contributed by atoms with E-state index in [1.807, 2.05) is 13.1 Å². The van der Waals surface area contributed by atoms with Gasteiger partial charge in [0, 0.05) is 19.2 Å². The Balaban J connectivity index is 2.51. The van der Waals surface area contributed by atoms with Crippen LogP contribution in [0, 0.1) is 0 Å². The number of anilines is 1. The Hall–Kier alpha value is -1.30. The highest BCUT2D eigenvalue weighted by molar-refractivity contribution is 9.10. The molecule has 2 rings (SSSR count). The molecule has 0 amide bonds. The van der Waals surface area contributed by atoms with E-state index in [2.05, 4.69) is 31.2 Å². The lowest BCUT2D eigenvalue weighted by Gasteiger charge is -1.95. The lowest BCUT2D eigenvalue weighted by atomic mass is 10.3. The number of aryl methyl sites for hydroxylation is 1. The molecule has 0 bridgehead atoms. The number of H-pyrrole nitrogens is 1. The fraction of sp³-hybridized carbons (Fsp3) is 0.143. The van der Waals surface area contributed by atoms with Crippen LogP contribution >= 0.6 is 15.9 Å². The first kappa shape index (κ1) is 8.31. The fourth-order valence-corrected chi connectivity index (χ4v) is 1.61. The van der Waals surface area contributed by atoms with Crippen molar-refractivity contribution in [3.8, 4) is 11.4 Å². The van der Waals surface area contributed by atoms with Crippen LogP contribution in [0.5, 0.6) is 0 Å². The number of rotatable bonds is 1. The smallest absolute Gasteiger partial charge is 0.145 e. The maximum Gasteiger partial charge on any atom is 0.145 e. The van der Waals surface area contributed by atoms with Gasteiger partial charge in [-0.1, -0.05) is 0 Å². The van der Waals surface area contributed by atoms with Crippen molar-refractivity contribution in [2.75, 3.05) is 5.73 Å². The van der Waals surface area contributed by atoms with Crippen molar-refractivity contribution in [3.05, 3.63) is 16.7 Å². The van der Waals surface area contributed by atoms with Crippen LogP contribution in [0.4, 0.5) is 5.82 Å². The van der Waals surface area contributed by atoms with E-state index in [1.54, 1.807) is 10.7 Å². The van der Waals surface area contributed by atoms with Gasteiger partial charge in [-0.2, -0.15) is 10.2 Å². The SMILES string of the molecule is Cn1nc(Br)cc1-c1cc(N)n[nH]1. The first-order valence-electron chi connectivity index (χ1n) is 3.67. The quantitative estimate of drug-likeness (QED) is 0.787. The summed E-state index contributed by atoms with van der Waals surface area (Å²) in [4.78, 5) is 0. The second-order valence-corrected chi connectivity index (χ2v) is 3.49. The van der Waals surface area contributed by atoms with E-state index in [9.17, 15) is 0 Å². The molecule has 6 heteroatoms. The molecule has 2 aromatic rings. The number of nitrogens with two attached hydrogens (primary N) is 1. The van der Waals surface area contributed by atoms with Crippen LogP contribution in [0.1, 0.15) is 0 Å². The summed E-state index contributed by atoms with van der Waals surface area (Å²) in [7, 11) is 1.86. The number of hydrogen-bond donors (Lipinski definition) is 2. The van der Waals surface area contributed by atoms with Crippen molar-refractivity contribution < 1.29 is 0 Å². The molecule has 0 aliphatic heterocycles. The van der Waals surface area contributed by atoms with Crippen molar-refractivity contribution >= 4 is 21.7 Å². The minimum atomic E-state index is 0.479. The molecule has 13 heavy (non-hydrogen) atoms. The highest BCUT2D eigenvalue weighted by Gasteiger charge is 2.07. The Morgan fingerprint density at radius 3 is 2.77 bits per heavy atom. The number of hydrogen-bond acceptors (Lipinski definition) is 3. The molecule has 0 radical (unpaired) electrons. The predicted molar refractivity (Wildman–Crippen MR) is 52.9 cm³/mol. The molecule has 0 saturated carbocycles. The van der Waals surface area contributed by atoms with Crippen LogP contribution in [0.2, 0.25) is 0 Å². The van der Waals surface area contributed by atoms with E-state index in [1.165, 1.54) is 0 Å². The molecule has 0 aromatic carbocycles. The molecule has 0 atom stereocenters. The molecule has 0 fully saturated rings. The van der Waals surface area contributed by atoms with Gasteiger partial charge in [-0.15, -0.1) is 0 Å². The van der Waals surface area contributed by atoms with Gasteiger partial charge in [-0.25, -0.2) is 0 Å². The van der Waals surface area contributed by atoms with Gasteiger partial charge < -0.3 is 5.73 Å². The normalized spacial score (nSPS) is 10.6. The molecular formula is C7H8BrN5. The average molecular weight is 242 g/mol. The molecule has 2 aromatic heterocycles. The summed E-state index contributed by atoms with van der Waals surface area (Å²) in [5, 5.41) is 10.8. The Labute approximate surface area is 83.1 Å². The van der Waals surface area contributed by atoms with E-state index in [0.717, 1.165) is 16.0 Å². The zero-order valence-electron chi connectivity index (χ0n) is 6.95. The number of aromatic amines is 1. The molecular weight excluding hydrogens is 234 g/mol. The lowest BCUT2D eigenvalue weighted by molar-refractivity contribution is 0.765. The average Bonchev–Trinajstić information content (AvgIpc) is 2.58. The Bertz CT molecular complexity index is 430. The number of nitrogens with zero attached hydrogens (tertiary/aromatic N) is 3. The monoisotopic (exact) mass is 241 g/mol. The van der Waals surface area contributed by atoms with Gasteiger partial charge in [-0.05, 0) is 15.9 Å². The highest BCUT2D eigenvalue weighted by Crippen LogP contribution is 2.21. The van der Waals surface area contributed by atoms with Crippen LogP contribution in [-0.2, 0) is 7.05 Å². The van der Waals surface area contributed by atoms with Crippen molar-refractivity contribution in [3.63, 3.8) is 0 Å². The van der Waals surface area contributed by atoms with E-state index in [4.69, 9.17) is 5.73 Å². The number of nitrogen functional groups attached to an aromatic ring is 1. The summed E-state index contributed by atoms with van der Waals surface area (Å²) in [5.74, 6) is 0.479. The summed E-state index contributed by atoms with van der Waals surface area (Å²) < 4.78 is 2.54. The second-order valence-electron chi connectivity index (χ2n) is 2.68. The molecule has 0 aliphatic rings. The third-order valence-corrected chi connectivity index (χ3v) is 2.11. The molecule has 5 nitrogen and oxygen atoms in total. The van der Waals surface area contributed by atoms with Crippen LogP contribution < -0.4 is 5.73 Å². The minimum Gasteiger partial charge on any atom is -0.382 e. The van der Waals surface area contributed by atoms with Gasteiger partial charge >= 0.3 is 0 Å². The standard InChI is InChI=1S/C7H8BrN5/c1-13-5(3-6(8)12-13)4-2-7(9)11-10-4/h2-3H,1H3,(H3,9,10,11). The second kappa shape index (κ2) is 2.88. The van der Waals surface area contributed by atoms with Gasteiger partial charge in [0.25, 0.3) is 0 Å². The molecule has 68 valence electrons. The first-order chi connectivity index (χ1) is 6.16. The van der Waals surface area contributed by atoms with Crippen LogP contribution in [0.25, 0.3) is 11.4 Å². The van der Waals surface area contributed by atoms with Crippen molar-refractivity contribution in [2.45, 2.75) is 0 Å². The molecule has 3 N–H and O–H groups in total. The molecule has 0 aliphatic carbocycles. The molecule has 0 unspecified atom stereocenters. The third-order valence-electron chi connectivity index (χ3n) is 1.72. The summed E-state index contributed by atoms with van der Waals surface area (Å²) in [6.45, 7) is 0. The van der Waals surface area contributed by atoms with Crippen molar-refractivity contribution in [1.82, 2.24) is 20.0 Å². The van der Waals surface area contributed by atoms with Gasteiger partial charge in [0.1, 0.15) is 10.4 Å². The van der Waals surface area contributed by atoms with E-state index in [-0.39, 0.29) is 0 Å². The fourth-order valence-electron chi connectivity index (χ4n) is 1.15. The molecule has 2 heterocycles. The number of halogens is 1. The van der Waals surface area contributed by atoms with Crippen molar-refractivity contribution in [2.24, 2.45) is 7.05 Å².